The fourth-order valence-electron chi connectivity index (χ4n) is 0.915. The van der Waals surface area contributed by atoms with Crippen molar-refractivity contribution in [1.29, 1.82) is 0 Å². The van der Waals surface area contributed by atoms with E-state index < -0.39 is 17.5 Å². The van der Waals surface area contributed by atoms with Crippen molar-refractivity contribution in [2.45, 2.75) is 46.6 Å². The fourth-order valence-corrected chi connectivity index (χ4v) is 0.915. The van der Waals surface area contributed by atoms with E-state index in [1.807, 2.05) is 13.8 Å². The lowest BCUT2D eigenvalue weighted by Gasteiger charge is -2.17. The van der Waals surface area contributed by atoms with Crippen molar-refractivity contribution in [1.82, 2.24) is 0 Å². The zero-order valence-electron chi connectivity index (χ0n) is 11.3. The van der Waals surface area contributed by atoms with Gasteiger partial charge >= 0.3 is 11.9 Å². The highest BCUT2D eigenvalue weighted by Crippen LogP contribution is 2.07. The SMILES string of the molecule is CC(C)CCOC(=O)C=CC(=O)OC(C)(C)C. The van der Waals surface area contributed by atoms with Crippen molar-refractivity contribution in [3.05, 3.63) is 12.2 Å². The first-order valence-corrected chi connectivity index (χ1v) is 5.78. The predicted octanol–water partition coefficient (Wildman–Crippen LogP) is 2.47. The highest BCUT2D eigenvalue weighted by Gasteiger charge is 2.14. The van der Waals surface area contributed by atoms with Gasteiger partial charge in [0.05, 0.1) is 6.61 Å². The summed E-state index contributed by atoms with van der Waals surface area (Å²) < 4.78 is 9.90. The van der Waals surface area contributed by atoms with Crippen LogP contribution in [0.5, 0.6) is 0 Å². The molecule has 0 aromatic carbocycles. The van der Waals surface area contributed by atoms with Gasteiger partial charge in [0.2, 0.25) is 0 Å². The van der Waals surface area contributed by atoms with Crippen LogP contribution in [0.1, 0.15) is 41.0 Å². The molecule has 0 amide bonds. The van der Waals surface area contributed by atoms with E-state index in [1.54, 1.807) is 20.8 Å². The molecule has 0 fully saturated rings. The highest BCUT2D eigenvalue weighted by atomic mass is 16.6. The molecular formula is C13H22O4. The van der Waals surface area contributed by atoms with E-state index in [4.69, 9.17) is 9.47 Å². The van der Waals surface area contributed by atoms with Crippen molar-refractivity contribution in [3.63, 3.8) is 0 Å². The Labute approximate surface area is 103 Å². The van der Waals surface area contributed by atoms with E-state index in [-0.39, 0.29) is 0 Å². The van der Waals surface area contributed by atoms with Gasteiger partial charge in [-0.2, -0.15) is 0 Å². The quantitative estimate of drug-likeness (QED) is 0.549. The molecule has 0 aliphatic carbocycles. The monoisotopic (exact) mass is 242 g/mol. The second kappa shape index (κ2) is 7.09. The van der Waals surface area contributed by atoms with Gasteiger partial charge in [0.15, 0.2) is 0 Å². The molecule has 0 aliphatic rings. The van der Waals surface area contributed by atoms with Gasteiger partial charge in [0.25, 0.3) is 0 Å². The Morgan fingerprint density at radius 2 is 1.65 bits per heavy atom. The van der Waals surface area contributed by atoms with E-state index >= 15 is 0 Å². The summed E-state index contributed by atoms with van der Waals surface area (Å²) in [5.41, 5.74) is -0.553. The number of esters is 2. The summed E-state index contributed by atoms with van der Waals surface area (Å²) in [5.74, 6) is -0.576. The molecule has 0 saturated heterocycles. The average molecular weight is 242 g/mol. The Morgan fingerprint density at radius 1 is 1.12 bits per heavy atom. The van der Waals surface area contributed by atoms with E-state index in [1.165, 1.54) is 0 Å². The van der Waals surface area contributed by atoms with Crippen LogP contribution >= 0.6 is 0 Å². The number of ether oxygens (including phenoxy) is 2. The molecule has 0 unspecified atom stereocenters. The maximum atomic E-state index is 11.2. The van der Waals surface area contributed by atoms with Crippen LogP contribution in [0, 0.1) is 5.92 Å². The number of carbonyl (C=O) groups excluding carboxylic acids is 2. The summed E-state index contributed by atoms with van der Waals surface area (Å²) in [4.78, 5) is 22.4. The molecule has 0 rings (SSSR count). The van der Waals surface area contributed by atoms with Gasteiger partial charge in [-0.05, 0) is 33.1 Å². The molecule has 0 bridgehead atoms. The largest absolute Gasteiger partial charge is 0.463 e. The van der Waals surface area contributed by atoms with Crippen molar-refractivity contribution < 1.29 is 19.1 Å². The smallest absolute Gasteiger partial charge is 0.331 e. The second-order valence-corrected chi connectivity index (χ2v) is 5.22. The highest BCUT2D eigenvalue weighted by molar-refractivity contribution is 5.91. The lowest BCUT2D eigenvalue weighted by molar-refractivity contribution is -0.149. The third-order valence-corrected chi connectivity index (χ3v) is 1.70. The lowest BCUT2D eigenvalue weighted by atomic mass is 10.1. The molecule has 0 radical (unpaired) electrons. The molecule has 17 heavy (non-hydrogen) atoms. The third-order valence-electron chi connectivity index (χ3n) is 1.70. The number of rotatable bonds is 5. The van der Waals surface area contributed by atoms with Crippen LogP contribution in [0.15, 0.2) is 12.2 Å². The normalized spacial score (nSPS) is 11.9. The van der Waals surface area contributed by atoms with Crippen LogP contribution in [0.4, 0.5) is 0 Å². The molecule has 4 heteroatoms. The molecule has 0 saturated carbocycles. The first kappa shape index (κ1) is 15.7. The maximum Gasteiger partial charge on any atom is 0.331 e. The van der Waals surface area contributed by atoms with Crippen molar-refractivity contribution >= 4 is 11.9 Å². The van der Waals surface area contributed by atoms with Crippen LogP contribution in [-0.2, 0) is 19.1 Å². The number of carbonyl (C=O) groups is 2. The Kier molecular flexibility index (Phi) is 6.54. The number of hydrogen-bond acceptors (Lipinski definition) is 4. The van der Waals surface area contributed by atoms with Gasteiger partial charge in [-0.15, -0.1) is 0 Å². The topological polar surface area (TPSA) is 52.6 Å². The third kappa shape index (κ3) is 11.0. The van der Waals surface area contributed by atoms with Crippen LogP contribution in [0.2, 0.25) is 0 Å². The molecule has 0 spiro atoms. The predicted molar refractivity (Wildman–Crippen MR) is 65.4 cm³/mol. The molecule has 0 heterocycles. The first-order chi connectivity index (χ1) is 7.70. The standard InChI is InChI=1S/C13H22O4/c1-10(2)8-9-16-11(14)6-7-12(15)17-13(3,4)5/h6-7,10H,8-9H2,1-5H3. The summed E-state index contributed by atoms with van der Waals surface area (Å²) in [6, 6.07) is 0. The molecule has 0 aromatic rings. The van der Waals surface area contributed by atoms with E-state index in [0.717, 1.165) is 18.6 Å². The van der Waals surface area contributed by atoms with Gasteiger partial charge in [0.1, 0.15) is 5.60 Å². The molecule has 0 aromatic heterocycles. The molecule has 0 atom stereocenters. The molecule has 0 aliphatic heterocycles. The molecule has 98 valence electrons. The van der Waals surface area contributed by atoms with Crippen LogP contribution in [0.25, 0.3) is 0 Å². The fraction of sp³-hybridized carbons (Fsp3) is 0.692. The Morgan fingerprint density at radius 3 is 2.12 bits per heavy atom. The second-order valence-electron chi connectivity index (χ2n) is 5.22. The van der Waals surface area contributed by atoms with Gasteiger partial charge in [-0.25, -0.2) is 9.59 Å². The van der Waals surface area contributed by atoms with Crippen LogP contribution < -0.4 is 0 Å². The van der Waals surface area contributed by atoms with Gasteiger partial charge < -0.3 is 9.47 Å². The Hall–Kier alpha value is -1.32. The van der Waals surface area contributed by atoms with E-state index in [2.05, 4.69) is 0 Å². The number of hydrogen-bond donors (Lipinski definition) is 0. The van der Waals surface area contributed by atoms with Crippen LogP contribution in [-0.4, -0.2) is 24.1 Å². The maximum absolute atomic E-state index is 11.2. The summed E-state index contributed by atoms with van der Waals surface area (Å²) in [6.07, 6.45) is 2.99. The minimum Gasteiger partial charge on any atom is -0.463 e. The Balaban J connectivity index is 3.91. The first-order valence-electron chi connectivity index (χ1n) is 5.78. The van der Waals surface area contributed by atoms with Crippen LogP contribution in [0.3, 0.4) is 0 Å². The average Bonchev–Trinajstić information content (AvgIpc) is 2.11. The zero-order valence-corrected chi connectivity index (χ0v) is 11.3. The summed E-state index contributed by atoms with van der Waals surface area (Å²) in [5, 5.41) is 0. The summed E-state index contributed by atoms with van der Waals surface area (Å²) in [6.45, 7) is 9.75. The summed E-state index contributed by atoms with van der Waals surface area (Å²) in [7, 11) is 0. The summed E-state index contributed by atoms with van der Waals surface area (Å²) >= 11 is 0. The minimum atomic E-state index is -0.553. The molecular weight excluding hydrogens is 220 g/mol. The minimum absolute atomic E-state index is 0.370. The Bertz CT molecular complexity index is 284. The molecule has 0 N–H and O–H groups in total. The lowest BCUT2D eigenvalue weighted by Crippen LogP contribution is -2.22. The van der Waals surface area contributed by atoms with Gasteiger partial charge in [-0.1, -0.05) is 13.8 Å². The molecule has 4 nitrogen and oxygen atoms in total. The van der Waals surface area contributed by atoms with Crippen molar-refractivity contribution in [3.8, 4) is 0 Å². The van der Waals surface area contributed by atoms with Gasteiger partial charge in [0, 0.05) is 12.2 Å². The van der Waals surface area contributed by atoms with Crippen molar-refractivity contribution in [2.24, 2.45) is 5.92 Å². The zero-order chi connectivity index (χ0) is 13.5. The van der Waals surface area contributed by atoms with E-state index in [9.17, 15) is 9.59 Å². The van der Waals surface area contributed by atoms with Crippen molar-refractivity contribution in [2.75, 3.05) is 6.61 Å². The van der Waals surface area contributed by atoms with E-state index in [0.29, 0.717) is 12.5 Å². The van der Waals surface area contributed by atoms with Gasteiger partial charge in [-0.3, -0.25) is 0 Å².